The molecule has 10 heteroatoms. The fourth-order valence-corrected chi connectivity index (χ4v) is 4.72. The molecule has 3 rings (SSSR count). The second-order valence-electron chi connectivity index (χ2n) is 7.48. The van der Waals surface area contributed by atoms with Crippen molar-refractivity contribution in [1.29, 1.82) is 0 Å². The number of carbonyl (C=O) groups is 1. The number of aryl methyl sites for hydroxylation is 3. The Labute approximate surface area is 190 Å². The van der Waals surface area contributed by atoms with Crippen molar-refractivity contribution < 1.29 is 9.53 Å². The molecule has 166 valence electrons. The van der Waals surface area contributed by atoms with Gasteiger partial charge in [0.2, 0.25) is 11.0 Å². The van der Waals surface area contributed by atoms with Crippen LogP contribution >= 0.6 is 23.1 Å². The van der Waals surface area contributed by atoms with Crippen LogP contribution in [0.4, 0.5) is 5.13 Å². The molecule has 1 atom stereocenters. The molecule has 3 aromatic rings. The van der Waals surface area contributed by atoms with Gasteiger partial charge in [0.05, 0.1) is 5.25 Å². The number of nitrogens with zero attached hydrogens (tertiary/aromatic N) is 5. The summed E-state index contributed by atoms with van der Waals surface area (Å²) in [5.41, 5.74) is 2.16. The summed E-state index contributed by atoms with van der Waals surface area (Å²) in [7, 11) is 0. The van der Waals surface area contributed by atoms with E-state index in [0.717, 1.165) is 34.1 Å². The summed E-state index contributed by atoms with van der Waals surface area (Å²) in [6, 6.07) is 6.19. The first-order valence-corrected chi connectivity index (χ1v) is 11.9. The topological polar surface area (TPSA) is 94.8 Å². The maximum atomic E-state index is 12.6. The van der Waals surface area contributed by atoms with Gasteiger partial charge < -0.3 is 9.30 Å². The molecule has 31 heavy (non-hydrogen) atoms. The van der Waals surface area contributed by atoms with E-state index in [-0.39, 0.29) is 17.2 Å². The summed E-state index contributed by atoms with van der Waals surface area (Å²) < 4.78 is 8.09. The Kier molecular flexibility index (Phi) is 7.66. The predicted octanol–water partition coefficient (Wildman–Crippen LogP) is 4.59. The van der Waals surface area contributed by atoms with Gasteiger partial charge in [0, 0.05) is 6.04 Å². The molecule has 0 saturated carbocycles. The van der Waals surface area contributed by atoms with Gasteiger partial charge in [-0.25, -0.2) is 0 Å². The van der Waals surface area contributed by atoms with Crippen LogP contribution < -0.4 is 10.1 Å². The van der Waals surface area contributed by atoms with E-state index in [9.17, 15) is 4.79 Å². The number of ether oxygens (including phenoxy) is 1. The number of amides is 1. The Morgan fingerprint density at radius 1 is 1.16 bits per heavy atom. The minimum Gasteiger partial charge on any atom is -0.485 e. The van der Waals surface area contributed by atoms with E-state index in [2.05, 4.69) is 39.6 Å². The summed E-state index contributed by atoms with van der Waals surface area (Å²) in [5, 5.41) is 21.3. The molecule has 2 aromatic heterocycles. The number of hydrogen-bond donors (Lipinski definition) is 1. The van der Waals surface area contributed by atoms with Gasteiger partial charge in [0.25, 0.3) is 0 Å². The third-order valence-electron chi connectivity index (χ3n) is 4.66. The molecule has 0 saturated heterocycles. The fraction of sp³-hybridized carbons (Fsp3) is 0.476. The number of rotatable bonds is 9. The maximum absolute atomic E-state index is 12.6. The van der Waals surface area contributed by atoms with E-state index in [1.165, 1.54) is 23.1 Å². The lowest BCUT2D eigenvalue weighted by Gasteiger charge is -2.17. The molecule has 0 aliphatic heterocycles. The van der Waals surface area contributed by atoms with Crippen molar-refractivity contribution in [2.24, 2.45) is 0 Å². The van der Waals surface area contributed by atoms with E-state index >= 15 is 0 Å². The third kappa shape index (κ3) is 5.62. The molecule has 1 aromatic carbocycles. The molecule has 0 aliphatic rings. The molecule has 0 fully saturated rings. The summed E-state index contributed by atoms with van der Waals surface area (Å²) in [6.07, 6.45) is 0.794. The molecule has 0 radical (unpaired) electrons. The van der Waals surface area contributed by atoms with Crippen molar-refractivity contribution in [2.75, 3.05) is 5.32 Å². The zero-order chi connectivity index (χ0) is 22.5. The zero-order valence-corrected chi connectivity index (χ0v) is 20.3. The Bertz CT molecular complexity index is 1030. The Balaban J connectivity index is 1.70. The van der Waals surface area contributed by atoms with Crippen LogP contribution in [0.25, 0.3) is 0 Å². The van der Waals surface area contributed by atoms with Crippen molar-refractivity contribution in [3.8, 4) is 5.75 Å². The van der Waals surface area contributed by atoms with Gasteiger partial charge in [-0.2, -0.15) is 0 Å². The van der Waals surface area contributed by atoms with E-state index in [1.54, 1.807) is 0 Å². The standard InChI is InChI=1S/C21H28N6O2S2/c1-7-17-24-25-20(31-17)22-19(28)15(6)30-21-26-23-16(27(21)12(2)3)11-29-18-13(4)9-8-10-14(18)5/h8-10,12,15H,7,11H2,1-6H3,(H,22,25,28). The summed E-state index contributed by atoms with van der Waals surface area (Å²) in [6.45, 7) is 12.3. The average molecular weight is 461 g/mol. The van der Waals surface area contributed by atoms with Crippen LogP contribution in [0.5, 0.6) is 5.75 Å². The van der Waals surface area contributed by atoms with Crippen molar-refractivity contribution in [3.05, 3.63) is 40.2 Å². The van der Waals surface area contributed by atoms with Gasteiger partial charge in [0.1, 0.15) is 17.4 Å². The Morgan fingerprint density at radius 3 is 2.48 bits per heavy atom. The number of aromatic nitrogens is 5. The molecule has 1 unspecified atom stereocenters. The molecule has 1 N–H and O–H groups in total. The molecular formula is C21H28N6O2S2. The highest BCUT2D eigenvalue weighted by Gasteiger charge is 2.23. The number of anilines is 1. The van der Waals surface area contributed by atoms with Gasteiger partial charge >= 0.3 is 0 Å². The molecule has 1 amide bonds. The zero-order valence-electron chi connectivity index (χ0n) is 18.7. The molecule has 0 aliphatic carbocycles. The first kappa shape index (κ1) is 23.2. The average Bonchev–Trinajstić information content (AvgIpc) is 3.34. The van der Waals surface area contributed by atoms with Crippen molar-refractivity contribution in [3.63, 3.8) is 0 Å². The Morgan fingerprint density at radius 2 is 1.87 bits per heavy atom. The quantitative estimate of drug-likeness (QED) is 0.467. The number of benzene rings is 1. The number of thioether (sulfide) groups is 1. The molecular weight excluding hydrogens is 432 g/mol. The van der Waals surface area contributed by atoms with E-state index < -0.39 is 0 Å². The number of nitrogens with one attached hydrogen (secondary N) is 1. The lowest BCUT2D eigenvalue weighted by atomic mass is 10.1. The lowest BCUT2D eigenvalue weighted by Crippen LogP contribution is -2.23. The monoisotopic (exact) mass is 460 g/mol. The number of hydrogen-bond acceptors (Lipinski definition) is 8. The van der Waals surface area contributed by atoms with Gasteiger partial charge in [-0.15, -0.1) is 20.4 Å². The highest BCUT2D eigenvalue weighted by molar-refractivity contribution is 8.00. The lowest BCUT2D eigenvalue weighted by molar-refractivity contribution is -0.115. The SMILES string of the molecule is CCc1nnc(NC(=O)C(C)Sc2nnc(COc3c(C)cccc3C)n2C(C)C)s1. The van der Waals surface area contributed by atoms with Crippen molar-refractivity contribution in [1.82, 2.24) is 25.0 Å². The van der Waals surface area contributed by atoms with Crippen LogP contribution in [0.1, 0.15) is 55.7 Å². The second kappa shape index (κ2) is 10.2. The minimum atomic E-state index is -0.372. The fourth-order valence-electron chi connectivity index (χ4n) is 3.03. The van der Waals surface area contributed by atoms with E-state index in [1.807, 2.05) is 50.5 Å². The first-order chi connectivity index (χ1) is 14.8. The van der Waals surface area contributed by atoms with Crippen LogP contribution in [-0.2, 0) is 17.8 Å². The summed E-state index contributed by atoms with van der Waals surface area (Å²) >= 11 is 2.76. The predicted molar refractivity (Wildman–Crippen MR) is 124 cm³/mol. The van der Waals surface area contributed by atoms with Crippen LogP contribution in [0.3, 0.4) is 0 Å². The van der Waals surface area contributed by atoms with Gasteiger partial charge in [-0.05, 0) is 52.2 Å². The van der Waals surface area contributed by atoms with Gasteiger partial charge in [0.15, 0.2) is 11.0 Å². The van der Waals surface area contributed by atoms with E-state index in [4.69, 9.17) is 4.74 Å². The largest absolute Gasteiger partial charge is 0.485 e. The number of carbonyl (C=O) groups excluding carboxylic acids is 1. The molecule has 0 spiro atoms. The highest BCUT2D eigenvalue weighted by Crippen LogP contribution is 2.28. The van der Waals surface area contributed by atoms with Crippen LogP contribution in [0.2, 0.25) is 0 Å². The van der Waals surface area contributed by atoms with Gasteiger partial charge in [-0.3, -0.25) is 10.1 Å². The molecule has 2 heterocycles. The number of para-hydroxylation sites is 1. The third-order valence-corrected chi connectivity index (χ3v) is 6.70. The summed E-state index contributed by atoms with van der Waals surface area (Å²) in [4.78, 5) is 12.6. The highest BCUT2D eigenvalue weighted by atomic mass is 32.2. The normalized spacial score (nSPS) is 12.2. The van der Waals surface area contributed by atoms with Crippen molar-refractivity contribution in [2.45, 2.75) is 71.0 Å². The van der Waals surface area contributed by atoms with E-state index in [0.29, 0.717) is 16.9 Å². The molecule has 0 bridgehead atoms. The first-order valence-electron chi connectivity index (χ1n) is 10.2. The summed E-state index contributed by atoms with van der Waals surface area (Å²) in [5.74, 6) is 1.45. The smallest absolute Gasteiger partial charge is 0.239 e. The maximum Gasteiger partial charge on any atom is 0.239 e. The van der Waals surface area contributed by atoms with Crippen LogP contribution in [0, 0.1) is 13.8 Å². The van der Waals surface area contributed by atoms with Crippen molar-refractivity contribution >= 4 is 34.1 Å². The molecule has 8 nitrogen and oxygen atoms in total. The second-order valence-corrected chi connectivity index (χ2v) is 9.85. The Hall–Kier alpha value is -2.46. The minimum absolute atomic E-state index is 0.125. The van der Waals surface area contributed by atoms with Gasteiger partial charge in [-0.1, -0.05) is 48.2 Å². The van der Waals surface area contributed by atoms with Crippen LogP contribution in [-0.4, -0.2) is 36.1 Å². The van der Waals surface area contributed by atoms with Crippen LogP contribution in [0.15, 0.2) is 23.4 Å².